The van der Waals surface area contributed by atoms with E-state index in [-0.39, 0.29) is 23.0 Å². The van der Waals surface area contributed by atoms with Gasteiger partial charge >= 0.3 is 5.69 Å². The van der Waals surface area contributed by atoms with Gasteiger partial charge < -0.3 is 11.1 Å². The summed E-state index contributed by atoms with van der Waals surface area (Å²) in [5, 5.41) is 3.24. The molecule has 1 atom stereocenters. The van der Waals surface area contributed by atoms with E-state index in [9.17, 15) is 14.4 Å². The number of nitrogens with two attached hydrogens (primary N) is 1. The van der Waals surface area contributed by atoms with Crippen molar-refractivity contribution in [3.8, 4) is 0 Å². The van der Waals surface area contributed by atoms with E-state index < -0.39 is 11.2 Å². The molecule has 0 saturated heterocycles. The molecule has 0 radical (unpaired) electrons. The molecule has 3 rings (SSSR count). The smallest absolute Gasteiger partial charge is 0.332 e. The van der Waals surface area contributed by atoms with Gasteiger partial charge in [-0.2, -0.15) is 0 Å². The lowest BCUT2D eigenvalue weighted by atomic mass is 9.84. The highest BCUT2D eigenvalue weighted by Gasteiger charge is 2.24. The van der Waals surface area contributed by atoms with Crippen LogP contribution in [0.1, 0.15) is 42.5 Å². The molecule has 2 heterocycles. The average Bonchev–Trinajstić information content (AvgIpc) is 2.68. The van der Waals surface area contributed by atoms with Crippen LogP contribution in [-0.2, 0) is 14.1 Å². The Morgan fingerprint density at radius 2 is 1.96 bits per heavy atom. The zero-order valence-corrected chi connectivity index (χ0v) is 15.2. The van der Waals surface area contributed by atoms with E-state index in [0.717, 1.165) is 17.4 Å². The SMILES string of the molecule is Cn1c(=O)c2cc(C(=O)NC(CN)C3CCCCC3)cnc2n(C)c1=O. The van der Waals surface area contributed by atoms with Crippen LogP contribution >= 0.6 is 0 Å². The van der Waals surface area contributed by atoms with E-state index >= 15 is 0 Å². The molecule has 8 heteroatoms. The first-order chi connectivity index (χ1) is 12.4. The second kappa shape index (κ2) is 7.41. The van der Waals surface area contributed by atoms with Gasteiger partial charge in [0.1, 0.15) is 5.65 Å². The summed E-state index contributed by atoms with van der Waals surface area (Å²) in [5.41, 5.74) is 5.52. The molecular weight excluding hydrogens is 334 g/mol. The van der Waals surface area contributed by atoms with Crippen LogP contribution < -0.4 is 22.3 Å². The Kier molecular flexibility index (Phi) is 5.22. The zero-order valence-electron chi connectivity index (χ0n) is 15.2. The van der Waals surface area contributed by atoms with Crippen LogP contribution in [0, 0.1) is 5.92 Å². The summed E-state index contributed by atoms with van der Waals surface area (Å²) >= 11 is 0. The molecule has 0 aromatic carbocycles. The fraction of sp³-hybridized carbons (Fsp3) is 0.556. The lowest BCUT2D eigenvalue weighted by Crippen LogP contribution is -2.46. The number of nitrogens with zero attached hydrogens (tertiary/aromatic N) is 3. The maximum atomic E-state index is 12.7. The van der Waals surface area contributed by atoms with Gasteiger partial charge in [0.15, 0.2) is 0 Å². The van der Waals surface area contributed by atoms with Gasteiger partial charge in [0.2, 0.25) is 0 Å². The number of amides is 1. The van der Waals surface area contributed by atoms with Gasteiger partial charge in [-0.15, -0.1) is 0 Å². The van der Waals surface area contributed by atoms with Crippen molar-refractivity contribution >= 4 is 16.9 Å². The summed E-state index contributed by atoms with van der Waals surface area (Å²) in [4.78, 5) is 41.2. The molecule has 1 aliphatic rings. The predicted molar refractivity (Wildman–Crippen MR) is 99.1 cm³/mol. The number of rotatable bonds is 4. The first-order valence-electron chi connectivity index (χ1n) is 9.00. The molecule has 2 aromatic heterocycles. The Morgan fingerprint density at radius 3 is 2.62 bits per heavy atom. The van der Waals surface area contributed by atoms with E-state index in [1.807, 2.05) is 0 Å². The number of nitrogens with one attached hydrogen (secondary N) is 1. The molecule has 1 aliphatic carbocycles. The van der Waals surface area contributed by atoms with Crippen molar-refractivity contribution in [2.75, 3.05) is 6.54 Å². The summed E-state index contributed by atoms with van der Waals surface area (Å²) in [6, 6.07) is 1.41. The monoisotopic (exact) mass is 359 g/mol. The van der Waals surface area contributed by atoms with Crippen LogP contribution in [0.15, 0.2) is 21.9 Å². The van der Waals surface area contributed by atoms with Crippen molar-refractivity contribution in [3.63, 3.8) is 0 Å². The predicted octanol–water partition coefficient (Wildman–Crippen LogP) is 0.270. The highest BCUT2D eigenvalue weighted by Crippen LogP contribution is 2.26. The van der Waals surface area contributed by atoms with E-state index in [1.54, 1.807) is 7.05 Å². The Balaban J connectivity index is 1.91. The number of carbonyl (C=O) groups is 1. The quantitative estimate of drug-likeness (QED) is 0.814. The number of carbonyl (C=O) groups excluding carboxylic acids is 1. The van der Waals surface area contributed by atoms with Crippen LogP contribution in [0.5, 0.6) is 0 Å². The molecule has 0 bridgehead atoms. The third kappa shape index (κ3) is 3.29. The Morgan fingerprint density at radius 1 is 1.27 bits per heavy atom. The van der Waals surface area contributed by atoms with Gasteiger partial charge in [-0.25, -0.2) is 9.78 Å². The molecule has 1 fully saturated rings. The van der Waals surface area contributed by atoms with Crippen LogP contribution in [0.3, 0.4) is 0 Å². The fourth-order valence-corrected chi connectivity index (χ4v) is 3.75. The first kappa shape index (κ1) is 18.3. The molecule has 26 heavy (non-hydrogen) atoms. The minimum Gasteiger partial charge on any atom is -0.348 e. The Bertz CT molecular complexity index is 940. The minimum atomic E-state index is -0.465. The second-order valence-corrected chi connectivity index (χ2v) is 7.01. The summed E-state index contributed by atoms with van der Waals surface area (Å²) in [6.45, 7) is 0.383. The highest BCUT2D eigenvalue weighted by molar-refractivity contribution is 5.96. The molecule has 0 aliphatic heterocycles. The maximum absolute atomic E-state index is 12.7. The van der Waals surface area contributed by atoms with Gasteiger partial charge in [-0.1, -0.05) is 19.3 Å². The first-order valence-corrected chi connectivity index (χ1v) is 9.00. The topological polar surface area (TPSA) is 112 Å². The molecule has 1 unspecified atom stereocenters. The highest BCUT2D eigenvalue weighted by atomic mass is 16.2. The van der Waals surface area contributed by atoms with Crippen molar-refractivity contribution in [2.45, 2.75) is 38.1 Å². The third-order valence-electron chi connectivity index (χ3n) is 5.34. The van der Waals surface area contributed by atoms with Gasteiger partial charge in [-0.05, 0) is 24.8 Å². The Labute approximate surface area is 151 Å². The molecule has 1 amide bonds. The molecule has 8 nitrogen and oxygen atoms in total. The van der Waals surface area contributed by atoms with E-state index in [4.69, 9.17) is 5.73 Å². The largest absolute Gasteiger partial charge is 0.348 e. The Hall–Kier alpha value is -2.48. The number of aryl methyl sites for hydroxylation is 1. The van der Waals surface area contributed by atoms with Crippen molar-refractivity contribution in [1.82, 2.24) is 19.4 Å². The molecule has 3 N–H and O–H groups in total. The molecule has 1 saturated carbocycles. The van der Waals surface area contributed by atoms with Gasteiger partial charge in [0.25, 0.3) is 11.5 Å². The number of aromatic nitrogens is 3. The lowest BCUT2D eigenvalue weighted by Gasteiger charge is -2.30. The summed E-state index contributed by atoms with van der Waals surface area (Å²) in [7, 11) is 2.95. The molecule has 2 aromatic rings. The second-order valence-electron chi connectivity index (χ2n) is 7.01. The lowest BCUT2D eigenvalue weighted by molar-refractivity contribution is 0.0915. The van der Waals surface area contributed by atoms with Gasteiger partial charge in [0, 0.05) is 32.9 Å². The summed E-state index contributed by atoms with van der Waals surface area (Å²) < 4.78 is 2.31. The number of hydrogen-bond donors (Lipinski definition) is 2. The summed E-state index contributed by atoms with van der Waals surface area (Å²) in [6.07, 6.45) is 7.10. The molecule has 140 valence electrons. The van der Waals surface area contributed by atoms with E-state index in [0.29, 0.717) is 18.0 Å². The fourth-order valence-electron chi connectivity index (χ4n) is 3.75. The number of hydrogen-bond acceptors (Lipinski definition) is 5. The van der Waals surface area contributed by atoms with Crippen LogP contribution in [0.4, 0.5) is 0 Å². The van der Waals surface area contributed by atoms with E-state index in [2.05, 4.69) is 10.3 Å². The zero-order chi connectivity index (χ0) is 18.8. The van der Waals surface area contributed by atoms with Crippen molar-refractivity contribution in [2.24, 2.45) is 25.7 Å². The normalized spacial score (nSPS) is 16.6. The molecular formula is C18H25N5O3. The minimum absolute atomic E-state index is 0.0820. The van der Waals surface area contributed by atoms with Gasteiger partial charge in [0.05, 0.1) is 10.9 Å². The third-order valence-corrected chi connectivity index (χ3v) is 5.34. The molecule has 0 spiro atoms. The summed E-state index contributed by atoms with van der Waals surface area (Å²) in [5.74, 6) is 0.0936. The number of fused-ring (bicyclic) bond motifs is 1. The maximum Gasteiger partial charge on any atom is 0.332 e. The number of pyridine rings is 1. The van der Waals surface area contributed by atoms with Crippen LogP contribution in [0.25, 0.3) is 11.0 Å². The van der Waals surface area contributed by atoms with Crippen LogP contribution in [0.2, 0.25) is 0 Å². The van der Waals surface area contributed by atoms with Crippen LogP contribution in [-0.4, -0.2) is 32.6 Å². The van der Waals surface area contributed by atoms with Gasteiger partial charge in [-0.3, -0.25) is 18.7 Å². The van der Waals surface area contributed by atoms with Crippen molar-refractivity contribution in [1.29, 1.82) is 0 Å². The average molecular weight is 359 g/mol. The van der Waals surface area contributed by atoms with Crippen molar-refractivity contribution in [3.05, 3.63) is 38.7 Å². The standard InChI is InChI=1S/C18H25N5O3/c1-22-15-13(17(25)23(2)18(22)26)8-12(10-20-15)16(24)21-14(9-19)11-6-4-3-5-7-11/h8,10-11,14H,3-7,9,19H2,1-2H3,(H,21,24). The van der Waals surface area contributed by atoms with Crippen molar-refractivity contribution < 1.29 is 4.79 Å². The van der Waals surface area contributed by atoms with E-state index in [1.165, 1.54) is 43.1 Å².